The Hall–Kier alpha value is -1.68. The van der Waals surface area contributed by atoms with Gasteiger partial charge in [0, 0.05) is 18.2 Å². The number of rotatable bonds is 6. The molecule has 0 aliphatic rings. The molecule has 19 heavy (non-hydrogen) atoms. The van der Waals surface area contributed by atoms with Crippen molar-refractivity contribution in [1.82, 2.24) is 20.3 Å². The van der Waals surface area contributed by atoms with Crippen LogP contribution in [0.4, 0.5) is 0 Å². The SMILES string of the molecule is CCCn1nncc1-c1ccc(C(CC)NC)cc1. The molecule has 2 aromatic rings. The molecule has 0 bridgehead atoms. The van der Waals surface area contributed by atoms with Gasteiger partial charge in [-0.05, 0) is 25.5 Å². The second kappa shape index (κ2) is 6.48. The largest absolute Gasteiger partial charge is 0.313 e. The Morgan fingerprint density at radius 1 is 1.21 bits per heavy atom. The molecule has 0 aliphatic heterocycles. The summed E-state index contributed by atoms with van der Waals surface area (Å²) in [7, 11) is 2.00. The van der Waals surface area contributed by atoms with E-state index >= 15 is 0 Å². The van der Waals surface area contributed by atoms with Gasteiger partial charge in [0.1, 0.15) is 0 Å². The molecule has 1 heterocycles. The molecule has 1 N–H and O–H groups in total. The molecule has 4 nitrogen and oxygen atoms in total. The molecule has 0 saturated carbocycles. The molecule has 0 spiro atoms. The molecule has 0 aliphatic carbocycles. The first kappa shape index (κ1) is 13.7. The Kier molecular flexibility index (Phi) is 4.68. The van der Waals surface area contributed by atoms with Gasteiger partial charge in [-0.15, -0.1) is 5.10 Å². The van der Waals surface area contributed by atoms with E-state index in [0.717, 1.165) is 25.1 Å². The minimum absolute atomic E-state index is 0.424. The lowest BCUT2D eigenvalue weighted by atomic mass is 10.0. The molecule has 1 unspecified atom stereocenters. The predicted molar refractivity (Wildman–Crippen MR) is 77.8 cm³/mol. The molecule has 1 aromatic heterocycles. The highest BCUT2D eigenvalue weighted by molar-refractivity contribution is 5.58. The van der Waals surface area contributed by atoms with Crippen LogP contribution >= 0.6 is 0 Å². The summed E-state index contributed by atoms with van der Waals surface area (Å²) in [4.78, 5) is 0. The van der Waals surface area contributed by atoms with Gasteiger partial charge in [-0.2, -0.15) is 0 Å². The third-order valence-electron chi connectivity index (χ3n) is 3.42. The Morgan fingerprint density at radius 3 is 2.53 bits per heavy atom. The number of aryl methyl sites for hydroxylation is 1. The van der Waals surface area contributed by atoms with Crippen molar-refractivity contribution in [2.24, 2.45) is 0 Å². The summed E-state index contributed by atoms with van der Waals surface area (Å²) >= 11 is 0. The van der Waals surface area contributed by atoms with E-state index in [9.17, 15) is 0 Å². The molecule has 2 rings (SSSR count). The van der Waals surface area contributed by atoms with Gasteiger partial charge < -0.3 is 5.32 Å². The van der Waals surface area contributed by atoms with E-state index in [1.807, 2.05) is 17.9 Å². The van der Waals surface area contributed by atoms with E-state index in [0.29, 0.717) is 6.04 Å². The number of nitrogens with one attached hydrogen (secondary N) is 1. The van der Waals surface area contributed by atoms with Crippen LogP contribution in [0.5, 0.6) is 0 Å². The average molecular weight is 258 g/mol. The van der Waals surface area contributed by atoms with Gasteiger partial charge in [-0.25, -0.2) is 4.68 Å². The second-order valence-electron chi connectivity index (χ2n) is 4.71. The summed E-state index contributed by atoms with van der Waals surface area (Å²) in [5, 5.41) is 11.5. The van der Waals surface area contributed by atoms with E-state index in [2.05, 4.69) is 53.7 Å². The second-order valence-corrected chi connectivity index (χ2v) is 4.71. The van der Waals surface area contributed by atoms with Crippen molar-refractivity contribution in [1.29, 1.82) is 0 Å². The topological polar surface area (TPSA) is 42.7 Å². The van der Waals surface area contributed by atoms with Crippen LogP contribution in [0.1, 0.15) is 38.3 Å². The highest BCUT2D eigenvalue weighted by Gasteiger charge is 2.09. The number of aromatic nitrogens is 3. The maximum Gasteiger partial charge on any atom is 0.0885 e. The zero-order valence-electron chi connectivity index (χ0n) is 11.9. The summed E-state index contributed by atoms with van der Waals surface area (Å²) in [6.07, 6.45) is 3.98. The van der Waals surface area contributed by atoms with Gasteiger partial charge in [0.25, 0.3) is 0 Å². The van der Waals surface area contributed by atoms with Crippen LogP contribution < -0.4 is 5.32 Å². The van der Waals surface area contributed by atoms with Gasteiger partial charge in [-0.1, -0.05) is 43.3 Å². The Balaban J connectivity index is 2.24. The van der Waals surface area contributed by atoms with Crippen LogP contribution in [-0.4, -0.2) is 22.0 Å². The third-order valence-corrected chi connectivity index (χ3v) is 3.42. The van der Waals surface area contributed by atoms with Crippen LogP contribution in [0.15, 0.2) is 30.5 Å². The van der Waals surface area contributed by atoms with Gasteiger partial charge in [-0.3, -0.25) is 0 Å². The third kappa shape index (κ3) is 3.01. The molecule has 0 amide bonds. The molecule has 0 saturated heterocycles. The Morgan fingerprint density at radius 2 is 1.95 bits per heavy atom. The normalized spacial score (nSPS) is 12.6. The summed E-state index contributed by atoms with van der Waals surface area (Å²) in [5.41, 5.74) is 3.59. The number of hydrogen-bond acceptors (Lipinski definition) is 3. The van der Waals surface area contributed by atoms with Crippen molar-refractivity contribution in [3.63, 3.8) is 0 Å². The molecule has 0 fully saturated rings. The molecule has 1 aromatic carbocycles. The molecular weight excluding hydrogens is 236 g/mol. The Bertz CT molecular complexity index is 497. The molecule has 102 valence electrons. The van der Waals surface area contributed by atoms with E-state index in [1.54, 1.807) is 0 Å². The van der Waals surface area contributed by atoms with E-state index in [4.69, 9.17) is 0 Å². The zero-order valence-corrected chi connectivity index (χ0v) is 11.9. The molecule has 1 atom stereocenters. The van der Waals surface area contributed by atoms with Crippen molar-refractivity contribution in [2.45, 2.75) is 39.3 Å². The van der Waals surface area contributed by atoms with Gasteiger partial charge in [0.15, 0.2) is 0 Å². The minimum atomic E-state index is 0.424. The quantitative estimate of drug-likeness (QED) is 0.866. The number of benzene rings is 1. The molecule has 0 radical (unpaired) electrons. The van der Waals surface area contributed by atoms with Gasteiger partial charge in [0.2, 0.25) is 0 Å². The van der Waals surface area contributed by atoms with Crippen LogP contribution in [-0.2, 0) is 6.54 Å². The van der Waals surface area contributed by atoms with E-state index in [-0.39, 0.29) is 0 Å². The van der Waals surface area contributed by atoms with Crippen LogP contribution in [0.25, 0.3) is 11.3 Å². The van der Waals surface area contributed by atoms with E-state index < -0.39 is 0 Å². The number of hydrogen-bond donors (Lipinski definition) is 1. The lowest BCUT2D eigenvalue weighted by Gasteiger charge is -2.14. The number of nitrogens with zero attached hydrogens (tertiary/aromatic N) is 3. The first-order chi connectivity index (χ1) is 9.30. The van der Waals surface area contributed by atoms with Crippen LogP contribution in [0, 0.1) is 0 Å². The monoisotopic (exact) mass is 258 g/mol. The van der Waals surface area contributed by atoms with Gasteiger partial charge >= 0.3 is 0 Å². The van der Waals surface area contributed by atoms with Crippen molar-refractivity contribution in [2.75, 3.05) is 7.05 Å². The van der Waals surface area contributed by atoms with Crippen LogP contribution in [0.2, 0.25) is 0 Å². The first-order valence-electron chi connectivity index (χ1n) is 6.96. The lowest BCUT2D eigenvalue weighted by molar-refractivity contribution is 0.576. The molecule has 4 heteroatoms. The lowest BCUT2D eigenvalue weighted by Crippen LogP contribution is -2.14. The smallest absolute Gasteiger partial charge is 0.0885 e. The average Bonchev–Trinajstić information content (AvgIpc) is 2.90. The van der Waals surface area contributed by atoms with Crippen molar-refractivity contribution < 1.29 is 0 Å². The zero-order chi connectivity index (χ0) is 13.7. The maximum absolute atomic E-state index is 4.13. The molecular formula is C15H22N4. The fourth-order valence-electron chi connectivity index (χ4n) is 2.35. The van der Waals surface area contributed by atoms with Crippen molar-refractivity contribution in [3.8, 4) is 11.3 Å². The summed E-state index contributed by atoms with van der Waals surface area (Å²) in [6.45, 7) is 5.24. The first-order valence-corrected chi connectivity index (χ1v) is 6.96. The highest BCUT2D eigenvalue weighted by atomic mass is 15.4. The van der Waals surface area contributed by atoms with Crippen LogP contribution in [0.3, 0.4) is 0 Å². The fraction of sp³-hybridized carbons (Fsp3) is 0.467. The highest BCUT2D eigenvalue weighted by Crippen LogP contribution is 2.22. The summed E-state index contributed by atoms with van der Waals surface area (Å²) in [6, 6.07) is 9.10. The summed E-state index contributed by atoms with van der Waals surface area (Å²) in [5.74, 6) is 0. The maximum atomic E-state index is 4.13. The van der Waals surface area contributed by atoms with Gasteiger partial charge in [0.05, 0.1) is 11.9 Å². The fourth-order valence-corrected chi connectivity index (χ4v) is 2.35. The van der Waals surface area contributed by atoms with Crippen molar-refractivity contribution >= 4 is 0 Å². The van der Waals surface area contributed by atoms with E-state index in [1.165, 1.54) is 11.1 Å². The predicted octanol–water partition coefficient (Wildman–Crippen LogP) is 3.03. The Labute approximate surface area is 114 Å². The minimum Gasteiger partial charge on any atom is -0.313 e. The van der Waals surface area contributed by atoms with Crippen molar-refractivity contribution in [3.05, 3.63) is 36.0 Å². The standard InChI is InChI=1S/C15H22N4/c1-4-10-19-15(11-17-18-19)13-8-6-12(7-9-13)14(5-2)16-3/h6-9,11,14,16H,4-5,10H2,1-3H3. The summed E-state index contributed by atoms with van der Waals surface area (Å²) < 4.78 is 1.96.